The van der Waals surface area contributed by atoms with Crippen LogP contribution in [0.3, 0.4) is 0 Å². The molecular formula is C24H25N3O3. The van der Waals surface area contributed by atoms with Gasteiger partial charge in [0, 0.05) is 42.1 Å². The number of carbonyl (C=O) groups excluding carboxylic acids is 1. The maximum absolute atomic E-state index is 13.1. The molecule has 0 radical (unpaired) electrons. The van der Waals surface area contributed by atoms with Gasteiger partial charge >= 0.3 is 0 Å². The van der Waals surface area contributed by atoms with Crippen molar-refractivity contribution < 1.29 is 14.6 Å². The Morgan fingerprint density at radius 2 is 1.77 bits per heavy atom. The lowest BCUT2D eigenvalue weighted by Crippen LogP contribution is -2.37. The minimum atomic E-state index is -0.0205. The van der Waals surface area contributed by atoms with Crippen LogP contribution in [0.15, 0.2) is 48.5 Å². The molecule has 0 saturated carbocycles. The summed E-state index contributed by atoms with van der Waals surface area (Å²) in [4.78, 5) is 24.5. The molecule has 1 aromatic heterocycles. The summed E-state index contributed by atoms with van der Waals surface area (Å²) in [6.45, 7) is 5.21. The number of nitrogens with zero attached hydrogens (tertiary/aromatic N) is 3. The Labute approximate surface area is 176 Å². The normalized spacial score (nSPS) is 13.3. The number of rotatable bonds is 4. The molecule has 1 amide bonds. The largest absolute Gasteiger partial charge is 0.508 e. The number of ether oxygens (including phenoxy) is 1. The number of phenolic OH excluding ortho intramolecular Hbond substituents is 1. The monoisotopic (exact) mass is 403 g/mol. The predicted molar refractivity (Wildman–Crippen MR) is 115 cm³/mol. The van der Waals surface area contributed by atoms with E-state index >= 15 is 0 Å². The molecule has 154 valence electrons. The van der Waals surface area contributed by atoms with Gasteiger partial charge in [-0.25, -0.2) is 9.97 Å². The number of methoxy groups -OCH3 is 1. The van der Waals surface area contributed by atoms with Crippen molar-refractivity contribution in [1.29, 1.82) is 0 Å². The zero-order valence-corrected chi connectivity index (χ0v) is 17.4. The molecule has 2 heterocycles. The van der Waals surface area contributed by atoms with Crippen molar-refractivity contribution >= 4 is 5.91 Å². The van der Waals surface area contributed by atoms with Gasteiger partial charge in [-0.1, -0.05) is 13.8 Å². The number of hydrogen-bond donors (Lipinski definition) is 1. The minimum Gasteiger partial charge on any atom is -0.508 e. The molecule has 1 N–H and O–H groups in total. The Kier molecular flexibility index (Phi) is 5.40. The summed E-state index contributed by atoms with van der Waals surface area (Å²) in [6, 6.07) is 14.2. The number of hydrogen-bond acceptors (Lipinski definition) is 5. The van der Waals surface area contributed by atoms with E-state index in [2.05, 4.69) is 13.8 Å². The third kappa shape index (κ3) is 3.85. The maximum Gasteiger partial charge on any atom is 0.254 e. The average molecular weight is 403 g/mol. The van der Waals surface area contributed by atoms with Gasteiger partial charge in [0.2, 0.25) is 0 Å². The number of amides is 1. The summed E-state index contributed by atoms with van der Waals surface area (Å²) >= 11 is 0. The van der Waals surface area contributed by atoms with E-state index in [0.717, 1.165) is 34.1 Å². The van der Waals surface area contributed by atoms with E-state index in [1.165, 1.54) is 0 Å². The molecule has 0 atom stereocenters. The second-order valence-corrected chi connectivity index (χ2v) is 7.76. The minimum absolute atomic E-state index is 0.0205. The highest BCUT2D eigenvalue weighted by molar-refractivity contribution is 5.94. The SMILES string of the molecule is COc1ccc(C(=O)N2CCc3nc(C(C)C)nc(-c4ccc(O)cc4)c3C2)cc1. The van der Waals surface area contributed by atoms with Crippen molar-refractivity contribution in [3.8, 4) is 22.8 Å². The first-order chi connectivity index (χ1) is 14.5. The molecule has 3 aromatic rings. The smallest absolute Gasteiger partial charge is 0.254 e. The second-order valence-electron chi connectivity index (χ2n) is 7.76. The molecule has 0 spiro atoms. The maximum atomic E-state index is 13.1. The Morgan fingerprint density at radius 1 is 1.07 bits per heavy atom. The fraction of sp³-hybridized carbons (Fsp3) is 0.292. The van der Waals surface area contributed by atoms with Crippen molar-refractivity contribution in [3.63, 3.8) is 0 Å². The molecule has 0 saturated heterocycles. The van der Waals surface area contributed by atoms with Gasteiger partial charge in [-0.2, -0.15) is 0 Å². The molecule has 30 heavy (non-hydrogen) atoms. The van der Waals surface area contributed by atoms with Crippen molar-refractivity contribution in [2.24, 2.45) is 0 Å². The van der Waals surface area contributed by atoms with E-state index in [1.54, 1.807) is 43.5 Å². The van der Waals surface area contributed by atoms with Gasteiger partial charge in [0.05, 0.1) is 18.5 Å². The highest BCUT2D eigenvalue weighted by atomic mass is 16.5. The molecule has 0 fully saturated rings. The Bertz CT molecular complexity index is 1060. The molecule has 1 aliphatic rings. The number of phenols is 1. The van der Waals surface area contributed by atoms with Crippen LogP contribution in [0.1, 0.15) is 47.2 Å². The van der Waals surface area contributed by atoms with E-state index in [0.29, 0.717) is 25.1 Å². The predicted octanol–water partition coefficient (Wildman–Crippen LogP) is 4.18. The van der Waals surface area contributed by atoms with Crippen LogP contribution in [0.4, 0.5) is 0 Å². The molecule has 0 unspecified atom stereocenters. The number of aromatic hydroxyl groups is 1. The molecule has 2 aromatic carbocycles. The lowest BCUT2D eigenvalue weighted by Gasteiger charge is -2.30. The number of fused-ring (bicyclic) bond motifs is 1. The van der Waals surface area contributed by atoms with E-state index in [9.17, 15) is 9.90 Å². The third-order valence-electron chi connectivity index (χ3n) is 5.36. The fourth-order valence-corrected chi connectivity index (χ4v) is 3.64. The van der Waals surface area contributed by atoms with Gasteiger partial charge in [-0.15, -0.1) is 0 Å². The van der Waals surface area contributed by atoms with Gasteiger partial charge in [0.25, 0.3) is 5.91 Å². The molecule has 6 heteroatoms. The summed E-state index contributed by atoms with van der Waals surface area (Å²) in [5, 5.41) is 9.67. The first-order valence-electron chi connectivity index (χ1n) is 10.1. The molecule has 0 bridgehead atoms. The Morgan fingerprint density at radius 3 is 2.40 bits per heavy atom. The topological polar surface area (TPSA) is 75.5 Å². The zero-order chi connectivity index (χ0) is 21.3. The van der Waals surface area contributed by atoms with E-state index in [-0.39, 0.29) is 17.6 Å². The number of carbonyl (C=O) groups is 1. The number of aromatic nitrogens is 2. The fourth-order valence-electron chi connectivity index (χ4n) is 3.64. The van der Waals surface area contributed by atoms with Gasteiger partial charge in [-0.05, 0) is 48.5 Å². The molecule has 6 nitrogen and oxygen atoms in total. The van der Waals surface area contributed by atoms with Gasteiger partial charge < -0.3 is 14.7 Å². The second kappa shape index (κ2) is 8.14. The first-order valence-corrected chi connectivity index (χ1v) is 10.1. The highest BCUT2D eigenvalue weighted by Gasteiger charge is 2.27. The van der Waals surface area contributed by atoms with Crippen LogP contribution < -0.4 is 4.74 Å². The van der Waals surface area contributed by atoms with Crippen LogP contribution in [0, 0.1) is 0 Å². The molecule has 0 aliphatic carbocycles. The Balaban J connectivity index is 1.70. The van der Waals surface area contributed by atoms with Crippen LogP contribution in [0.5, 0.6) is 11.5 Å². The van der Waals surface area contributed by atoms with Crippen LogP contribution in [-0.2, 0) is 13.0 Å². The summed E-state index contributed by atoms with van der Waals surface area (Å²) < 4.78 is 5.19. The van der Waals surface area contributed by atoms with Crippen molar-refractivity contribution in [2.45, 2.75) is 32.7 Å². The molecule has 1 aliphatic heterocycles. The van der Waals surface area contributed by atoms with Crippen molar-refractivity contribution in [1.82, 2.24) is 14.9 Å². The molecular weight excluding hydrogens is 378 g/mol. The summed E-state index contributed by atoms with van der Waals surface area (Å²) in [7, 11) is 1.61. The van der Waals surface area contributed by atoms with Gasteiger partial charge in [-0.3, -0.25) is 4.79 Å². The summed E-state index contributed by atoms with van der Waals surface area (Å²) in [5.74, 6) is 1.91. The standard InChI is InChI=1S/C24H25N3O3/c1-15(2)23-25-21-12-13-27(24(29)17-6-10-19(30-3)11-7-17)14-20(21)22(26-23)16-4-8-18(28)9-5-16/h4-11,15,28H,12-14H2,1-3H3. The van der Waals surface area contributed by atoms with E-state index < -0.39 is 0 Å². The quantitative estimate of drug-likeness (QED) is 0.707. The van der Waals surface area contributed by atoms with Gasteiger partial charge in [0.15, 0.2) is 0 Å². The third-order valence-corrected chi connectivity index (χ3v) is 5.36. The summed E-state index contributed by atoms with van der Waals surface area (Å²) in [6.07, 6.45) is 0.685. The molecule has 4 rings (SSSR count). The lowest BCUT2D eigenvalue weighted by atomic mass is 9.97. The average Bonchev–Trinajstić information content (AvgIpc) is 2.78. The number of benzene rings is 2. The first kappa shape index (κ1) is 19.9. The van der Waals surface area contributed by atoms with Crippen LogP contribution >= 0.6 is 0 Å². The van der Waals surface area contributed by atoms with E-state index in [1.807, 2.05) is 17.0 Å². The van der Waals surface area contributed by atoms with Crippen LogP contribution in [-0.4, -0.2) is 39.5 Å². The van der Waals surface area contributed by atoms with Crippen LogP contribution in [0.25, 0.3) is 11.3 Å². The van der Waals surface area contributed by atoms with E-state index in [4.69, 9.17) is 14.7 Å². The van der Waals surface area contributed by atoms with Crippen molar-refractivity contribution in [3.05, 3.63) is 71.2 Å². The Hall–Kier alpha value is -3.41. The lowest BCUT2D eigenvalue weighted by molar-refractivity contribution is 0.0733. The summed E-state index contributed by atoms with van der Waals surface area (Å²) in [5.41, 5.74) is 4.34. The highest BCUT2D eigenvalue weighted by Crippen LogP contribution is 2.31. The van der Waals surface area contributed by atoms with Crippen molar-refractivity contribution in [2.75, 3.05) is 13.7 Å². The van der Waals surface area contributed by atoms with Crippen LogP contribution in [0.2, 0.25) is 0 Å². The van der Waals surface area contributed by atoms with Gasteiger partial charge in [0.1, 0.15) is 17.3 Å². The zero-order valence-electron chi connectivity index (χ0n) is 17.4.